The Hall–Kier alpha value is -2.45. The molecule has 0 aliphatic rings. The van der Waals surface area contributed by atoms with Crippen molar-refractivity contribution in [2.24, 2.45) is 10.8 Å². The quantitative estimate of drug-likeness (QED) is 0.200. The Labute approximate surface area is 222 Å². The van der Waals surface area contributed by atoms with Crippen LogP contribution in [0.25, 0.3) is 0 Å². The summed E-state index contributed by atoms with van der Waals surface area (Å²) in [6, 6.07) is 10.9. The molecule has 9 heteroatoms. The van der Waals surface area contributed by atoms with Gasteiger partial charge in [0.1, 0.15) is 6.10 Å². The normalized spacial score (nSPS) is 12.1. The zero-order valence-corrected chi connectivity index (χ0v) is 22.9. The van der Waals surface area contributed by atoms with Gasteiger partial charge in [-0.25, -0.2) is 4.79 Å². The molecule has 1 amide bonds. The minimum Gasteiger partial charge on any atom is -0.456 e. The molecule has 0 unspecified atom stereocenters. The lowest BCUT2D eigenvalue weighted by Crippen LogP contribution is -2.44. The van der Waals surface area contributed by atoms with Crippen LogP contribution in [0.1, 0.15) is 65.4 Å². The third-order valence-corrected chi connectivity index (χ3v) is 6.18. The van der Waals surface area contributed by atoms with E-state index in [0.717, 1.165) is 0 Å². The number of aliphatic hydroxyl groups is 2. The van der Waals surface area contributed by atoms with Crippen molar-refractivity contribution in [3.05, 3.63) is 63.6 Å². The van der Waals surface area contributed by atoms with Crippen LogP contribution in [0.15, 0.2) is 42.5 Å². The summed E-state index contributed by atoms with van der Waals surface area (Å²) in [4.78, 5) is 40.0. The molecule has 2 N–H and O–H groups in total. The van der Waals surface area contributed by atoms with E-state index in [-0.39, 0.29) is 17.1 Å². The highest BCUT2D eigenvalue weighted by Crippen LogP contribution is 2.36. The number of amides is 1. The zero-order chi connectivity index (χ0) is 27.4. The topological polar surface area (TPSA) is 104 Å². The van der Waals surface area contributed by atoms with Crippen LogP contribution in [0, 0.1) is 10.8 Å². The van der Waals surface area contributed by atoms with Crippen LogP contribution in [-0.2, 0) is 25.7 Å². The van der Waals surface area contributed by atoms with Crippen LogP contribution in [-0.4, -0.2) is 34.0 Å². The number of aliphatic hydroxyl groups excluding tert-OH is 1. The molecule has 0 saturated heterocycles. The molecule has 7 nitrogen and oxygen atoms in total. The van der Waals surface area contributed by atoms with Gasteiger partial charge in [-0.05, 0) is 40.7 Å². The fourth-order valence-corrected chi connectivity index (χ4v) is 4.45. The zero-order valence-electron chi connectivity index (χ0n) is 21.3. The van der Waals surface area contributed by atoms with Crippen LogP contribution in [0.3, 0.4) is 0 Å². The lowest BCUT2D eigenvalue weighted by Gasteiger charge is -2.39. The lowest BCUT2D eigenvalue weighted by atomic mass is 9.74. The smallest absolute Gasteiger partial charge is 0.375 e. The monoisotopic (exact) mass is 537 g/mol. The Balaban J connectivity index is 2.32. The first-order valence-corrected chi connectivity index (χ1v) is 12.2. The van der Waals surface area contributed by atoms with Crippen molar-refractivity contribution in [1.29, 1.82) is 0 Å². The molecular formula is C27H33Cl2NO6. The summed E-state index contributed by atoms with van der Waals surface area (Å²) in [6.45, 7) is 11.5. The van der Waals surface area contributed by atoms with Crippen LogP contribution in [0.4, 0.5) is 5.69 Å². The van der Waals surface area contributed by atoms with Gasteiger partial charge in [0.05, 0.1) is 23.0 Å². The van der Waals surface area contributed by atoms with E-state index in [4.69, 9.17) is 27.9 Å². The Morgan fingerprint density at radius 1 is 0.917 bits per heavy atom. The van der Waals surface area contributed by atoms with Gasteiger partial charge in [-0.15, -0.1) is 0 Å². The van der Waals surface area contributed by atoms with Crippen molar-refractivity contribution in [3.8, 4) is 0 Å². The molecule has 0 aromatic heterocycles. The number of anilines is 1. The van der Waals surface area contributed by atoms with Gasteiger partial charge in [-0.1, -0.05) is 82.9 Å². The number of esters is 1. The van der Waals surface area contributed by atoms with Gasteiger partial charge in [0.15, 0.2) is 6.29 Å². The maximum atomic E-state index is 13.3. The van der Waals surface area contributed by atoms with Crippen LogP contribution >= 0.6 is 23.2 Å². The molecule has 2 rings (SSSR count). The van der Waals surface area contributed by atoms with E-state index in [1.54, 1.807) is 30.3 Å². The maximum Gasteiger partial charge on any atom is 0.375 e. The molecule has 0 radical (unpaired) electrons. The number of carbonyl (C=O) groups is 3. The third kappa shape index (κ3) is 8.03. The standard InChI is InChI=1S/C27H33Cl2NO6/c1-26(2,3)25(27(4,5)6)36-24(35)21(31)14-22(32)30(15-16-10-11-19(28)20(29)12-16)18-9-7-8-17(13-18)23(33)34/h7-13,23,25,33-34H,14-15H2,1-6H3. The number of hydrogen-bond donors (Lipinski definition) is 2. The minimum atomic E-state index is -1.75. The third-order valence-electron chi connectivity index (χ3n) is 5.44. The number of halogens is 2. The molecule has 0 saturated carbocycles. The summed E-state index contributed by atoms with van der Waals surface area (Å²) in [5.74, 6) is -2.72. The fourth-order valence-electron chi connectivity index (χ4n) is 4.13. The number of benzene rings is 2. The van der Waals surface area contributed by atoms with Crippen molar-refractivity contribution >= 4 is 46.5 Å². The molecule has 0 spiro atoms. The minimum absolute atomic E-state index is 0.00433. The van der Waals surface area contributed by atoms with Crippen molar-refractivity contribution < 1.29 is 29.3 Å². The number of nitrogens with zero attached hydrogens (tertiary/aromatic N) is 1. The summed E-state index contributed by atoms with van der Waals surface area (Å²) in [5.41, 5.74) is 0.222. The number of Topliss-reactive ketones (excluding diaryl/α,β-unsaturated/α-hetero) is 1. The lowest BCUT2D eigenvalue weighted by molar-refractivity contribution is -0.169. The van der Waals surface area contributed by atoms with Gasteiger partial charge in [-0.3, -0.25) is 9.59 Å². The molecule has 0 heterocycles. The molecule has 0 aliphatic carbocycles. The molecule has 2 aromatic carbocycles. The van der Waals surface area contributed by atoms with Crippen molar-refractivity contribution in [2.75, 3.05) is 4.90 Å². The molecular weight excluding hydrogens is 505 g/mol. The number of hydrogen-bond acceptors (Lipinski definition) is 6. The molecule has 36 heavy (non-hydrogen) atoms. The van der Waals surface area contributed by atoms with E-state index in [1.807, 2.05) is 41.5 Å². The van der Waals surface area contributed by atoms with Crippen molar-refractivity contribution in [2.45, 2.75) is 66.9 Å². The van der Waals surface area contributed by atoms with E-state index < -0.39 is 47.3 Å². The summed E-state index contributed by atoms with van der Waals surface area (Å²) in [7, 11) is 0. The first kappa shape index (κ1) is 29.8. The number of ether oxygens (including phenoxy) is 1. The molecule has 0 aliphatic heterocycles. The van der Waals surface area contributed by atoms with Crippen LogP contribution in [0.5, 0.6) is 0 Å². The Morgan fingerprint density at radius 2 is 1.53 bits per heavy atom. The van der Waals surface area contributed by atoms with E-state index in [0.29, 0.717) is 16.3 Å². The van der Waals surface area contributed by atoms with Gasteiger partial charge in [0.2, 0.25) is 11.7 Å². The maximum absolute atomic E-state index is 13.3. The SMILES string of the molecule is CC(C)(C)C(OC(=O)C(=O)CC(=O)N(Cc1ccc(Cl)c(Cl)c1)c1cccc(C(O)O)c1)C(C)(C)C. The predicted molar refractivity (Wildman–Crippen MR) is 140 cm³/mol. The van der Waals surface area contributed by atoms with Gasteiger partial charge in [0, 0.05) is 11.3 Å². The van der Waals surface area contributed by atoms with Gasteiger partial charge in [-0.2, -0.15) is 0 Å². The molecule has 2 aromatic rings. The van der Waals surface area contributed by atoms with Gasteiger partial charge < -0.3 is 19.8 Å². The van der Waals surface area contributed by atoms with E-state index in [9.17, 15) is 24.6 Å². The fraction of sp³-hybridized carbons (Fsp3) is 0.444. The molecule has 0 bridgehead atoms. The Bertz CT molecular complexity index is 1100. The van der Waals surface area contributed by atoms with E-state index in [2.05, 4.69) is 0 Å². The average Bonchev–Trinajstić information content (AvgIpc) is 2.76. The highest BCUT2D eigenvalue weighted by atomic mass is 35.5. The van der Waals surface area contributed by atoms with E-state index >= 15 is 0 Å². The summed E-state index contributed by atoms with van der Waals surface area (Å²) >= 11 is 12.1. The molecule has 0 fully saturated rings. The Kier molecular flexibility index (Phi) is 9.71. The second-order valence-electron chi connectivity index (χ2n) is 10.8. The largest absolute Gasteiger partial charge is 0.456 e. The van der Waals surface area contributed by atoms with Crippen molar-refractivity contribution in [1.82, 2.24) is 0 Å². The first-order valence-electron chi connectivity index (χ1n) is 11.4. The number of ketones is 1. The molecule has 0 atom stereocenters. The van der Waals surface area contributed by atoms with Gasteiger partial charge >= 0.3 is 5.97 Å². The Morgan fingerprint density at radius 3 is 2.06 bits per heavy atom. The summed E-state index contributed by atoms with van der Waals surface area (Å²) in [5, 5.41) is 19.8. The second-order valence-corrected chi connectivity index (χ2v) is 11.6. The van der Waals surface area contributed by atoms with Crippen molar-refractivity contribution in [3.63, 3.8) is 0 Å². The number of carbonyl (C=O) groups excluding carboxylic acids is 3. The predicted octanol–water partition coefficient (Wildman–Crippen LogP) is 5.47. The average molecular weight is 538 g/mol. The highest BCUT2D eigenvalue weighted by Gasteiger charge is 2.39. The van der Waals surface area contributed by atoms with Gasteiger partial charge in [0.25, 0.3) is 0 Å². The number of rotatable bonds is 8. The van der Waals surface area contributed by atoms with E-state index in [1.165, 1.54) is 17.0 Å². The molecule has 196 valence electrons. The van der Waals surface area contributed by atoms with Crippen LogP contribution < -0.4 is 4.90 Å². The first-order chi connectivity index (χ1) is 16.5. The summed E-state index contributed by atoms with van der Waals surface area (Å²) in [6.07, 6.45) is -3.05. The highest BCUT2D eigenvalue weighted by molar-refractivity contribution is 6.42. The summed E-state index contributed by atoms with van der Waals surface area (Å²) < 4.78 is 5.57. The van der Waals surface area contributed by atoms with Crippen LogP contribution in [0.2, 0.25) is 10.0 Å². The second kappa shape index (κ2) is 11.7.